The molecule has 4 rings (SSSR count). The zero-order chi connectivity index (χ0) is 17.6. The second-order valence-electron chi connectivity index (χ2n) is 6.70. The number of carbonyl (C=O) groups is 1. The third kappa shape index (κ3) is 3.02. The molecule has 2 atom stereocenters. The standard InChI is InChI=1S/C16H22N2O5S2/c1-2-3-17-4-5-18(12-10-25(20,21)9-11(12)17)16(19)15-14-13(8-24-15)22-6-7-23-14/h8,11-12H,2-7,9-10H2,1H3/t11-,12+/m0/s1. The fourth-order valence-corrected chi connectivity index (χ4v) is 6.88. The van der Waals surface area contributed by atoms with Gasteiger partial charge in [-0.05, 0) is 13.0 Å². The molecule has 138 valence electrons. The highest BCUT2D eigenvalue weighted by molar-refractivity contribution is 7.91. The van der Waals surface area contributed by atoms with E-state index < -0.39 is 9.84 Å². The van der Waals surface area contributed by atoms with Crippen LogP contribution in [0.25, 0.3) is 0 Å². The molecule has 3 aliphatic heterocycles. The van der Waals surface area contributed by atoms with E-state index >= 15 is 0 Å². The van der Waals surface area contributed by atoms with Gasteiger partial charge in [0.15, 0.2) is 21.3 Å². The Balaban J connectivity index is 1.62. The molecule has 3 aliphatic rings. The molecule has 4 heterocycles. The van der Waals surface area contributed by atoms with Crippen molar-refractivity contribution >= 4 is 27.1 Å². The van der Waals surface area contributed by atoms with Crippen molar-refractivity contribution in [2.45, 2.75) is 25.4 Å². The average Bonchev–Trinajstić information content (AvgIpc) is 3.15. The summed E-state index contributed by atoms with van der Waals surface area (Å²) in [5.74, 6) is 1.17. The van der Waals surface area contributed by atoms with Crippen molar-refractivity contribution in [3.63, 3.8) is 0 Å². The van der Waals surface area contributed by atoms with Gasteiger partial charge in [-0.1, -0.05) is 6.92 Å². The van der Waals surface area contributed by atoms with E-state index in [2.05, 4.69) is 11.8 Å². The molecule has 0 bridgehead atoms. The molecule has 9 heteroatoms. The number of hydrogen-bond donors (Lipinski definition) is 0. The topological polar surface area (TPSA) is 76.2 Å². The molecular weight excluding hydrogens is 364 g/mol. The van der Waals surface area contributed by atoms with Crippen LogP contribution in [0.1, 0.15) is 23.0 Å². The number of carbonyl (C=O) groups excluding carboxylic acids is 1. The zero-order valence-electron chi connectivity index (χ0n) is 14.1. The Morgan fingerprint density at radius 3 is 2.80 bits per heavy atom. The third-order valence-corrected chi connectivity index (χ3v) is 7.68. The number of piperazine rings is 1. The van der Waals surface area contributed by atoms with Gasteiger partial charge in [-0.2, -0.15) is 0 Å². The minimum atomic E-state index is -3.12. The number of amides is 1. The number of ether oxygens (including phenoxy) is 2. The van der Waals surface area contributed by atoms with Gasteiger partial charge in [-0.3, -0.25) is 9.69 Å². The highest BCUT2D eigenvalue weighted by Gasteiger charge is 2.48. The Bertz CT molecular complexity index is 775. The molecule has 0 N–H and O–H groups in total. The van der Waals surface area contributed by atoms with Crippen molar-refractivity contribution in [2.75, 3.05) is 44.4 Å². The molecule has 7 nitrogen and oxygen atoms in total. The van der Waals surface area contributed by atoms with Gasteiger partial charge >= 0.3 is 0 Å². The number of hydrogen-bond acceptors (Lipinski definition) is 7. The third-order valence-electron chi connectivity index (χ3n) is 5.06. The predicted octanol–water partition coefficient (Wildman–Crippen LogP) is 0.853. The SMILES string of the molecule is CCCN1CCN(C(=O)c2scc3c2OCCO3)[C@@H]2CS(=O)(=O)C[C@@H]21. The van der Waals surface area contributed by atoms with E-state index in [1.54, 1.807) is 10.3 Å². The first kappa shape index (κ1) is 17.1. The van der Waals surface area contributed by atoms with Crippen LogP contribution < -0.4 is 9.47 Å². The van der Waals surface area contributed by atoms with Crippen molar-refractivity contribution in [1.29, 1.82) is 0 Å². The lowest BCUT2D eigenvalue weighted by atomic mass is 10.0. The van der Waals surface area contributed by atoms with E-state index in [9.17, 15) is 13.2 Å². The molecule has 0 aromatic carbocycles. The lowest BCUT2D eigenvalue weighted by molar-refractivity contribution is 0.0332. The summed E-state index contributed by atoms with van der Waals surface area (Å²) in [6.07, 6.45) is 0.973. The quantitative estimate of drug-likeness (QED) is 0.767. The first-order valence-corrected chi connectivity index (χ1v) is 11.3. The van der Waals surface area contributed by atoms with E-state index in [0.717, 1.165) is 13.0 Å². The lowest BCUT2D eigenvalue weighted by Crippen LogP contribution is -2.60. The molecule has 1 aromatic heterocycles. The molecule has 0 saturated carbocycles. The van der Waals surface area contributed by atoms with Crippen LogP contribution in [0.3, 0.4) is 0 Å². The Labute approximate surface area is 151 Å². The van der Waals surface area contributed by atoms with E-state index in [0.29, 0.717) is 42.7 Å². The number of nitrogens with zero attached hydrogens (tertiary/aromatic N) is 2. The van der Waals surface area contributed by atoms with E-state index in [1.165, 1.54) is 11.3 Å². The first-order chi connectivity index (χ1) is 12.0. The number of thiophene rings is 1. The summed E-state index contributed by atoms with van der Waals surface area (Å²) in [7, 11) is -3.12. The second-order valence-corrected chi connectivity index (χ2v) is 9.73. The van der Waals surface area contributed by atoms with Crippen molar-refractivity contribution in [3.8, 4) is 11.5 Å². The summed E-state index contributed by atoms with van der Waals surface area (Å²) in [4.78, 5) is 17.6. The van der Waals surface area contributed by atoms with Crippen LogP contribution >= 0.6 is 11.3 Å². The van der Waals surface area contributed by atoms with E-state index in [-0.39, 0.29) is 29.5 Å². The van der Waals surface area contributed by atoms with Gasteiger partial charge in [0.25, 0.3) is 5.91 Å². The number of fused-ring (bicyclic) bond motifs is 2. The molecule has 0 aliphatic carbocycles. The van der Waals surface area contributed by atoms with Crippen LogP contribution in [0, 0.1) is 0 Å². The molecule has 25 heavy (non-hydrogen) atoms. The van der Waals surface area contributed by atoms with Crippen LogP contribution in [-0.2, 0) is 9.84 Å². The summed E-state index contributed by atoms with van der Waals surface area (Å²) in [6.45, 7) is 5.12. The summed E-state index contributed by atoms with van der Waals surface area (Å²) in [5, 5.41) is 1.79. The molecule has 0 spiro atoms. The summed E-state index contributed by atoms with van der Waals surface area (Å²) < 4.78 is 35.6. The van der Waals surface area contributed by atoms with Crippen LogP contribution in [-0.4, -0.2) is 80.6 Å². The minimum absolute atomic E-state index is 0.0501. The molecule has 1 amide bonds. The Morgan fingerprint density at radius 1 is 1.24 bits per heavy atom. The van der Waals surface area contributed by atoms with Gasteiger partial charge in [0.1, 0.15) is 18.1 Å². The van der Waals surface area contributed by atoms with Crippen LogP contribution in [0.5, 0.6) is 11.5 Å². The number of rotatable bonds is 3. The second kappa shape index (κ2) is 6.44. The number of sulfone groups is 1. The van der Waals surface area contributed by atoms with Gasteiger partial charge < -0.3 is 14.4 Å². The predicted molar refractivity (Wildman–Crippen MR) is 94.4 cm³/mol. The molecular formula is C16H22N2O5S2. The monoisotopic (exact) mass is 386 g/mol. The smallest absolute Gasteiger partial charge is 0.268 e. The molecule has 2 saturated heterocycles. The highest BCUT2D eigenvalue weighted by atomic mass is 32.2. The fraction of sp³-hybridized carbons (Fsp3) is 0.688. The molecule has 2 fully saturated rings. The first-order valence-electron chi connectivity index (χ1n) is 8.62. The average molecular weight is 386 g/mol. The van der Waals surface area contributed by atoms with Crippen LogP contribution in [0.2, 0.25) is 0 Å². The molecule has 1 aromatic rings. The van der Waals surface area contributed by atoms with Crippen molar-refractivity contribution < 1.29 is 22.7 Å². The summed E-state index contributed by atoms with van der Waals surface area (Å²) in [5.41, 5.74) is 0. The van der Waals surface area contributed by atoms with Gasteiger partial charge in [0, 0.05) is 24.5 Å². The Hall–Kier alpha value is -1.32. The van der Waals surface area contributed by atoms with E-state index in [4.69, 9.17) is 9.47 Å². The van der Waals surface area contributed by atoms with Gasteiger partial charge in [-0.15, -0.1) is 11.3 Å². The van der Waals surface area contributed by atoms with Crippen molar-refractivity contribution in [1.82, 2.24) is 9.80 Å². The maximum atomic E-state index is 13.1. The Kier molecular flexibility index (Phi) is 4.41. The van der Waals surface area contributed by atoms with Gasteiger partial charge in [-0.25, -0.2) is 8.42 Å². The lowest BCUT2D eigenvalue weighted by Gasteiger charge is -2.43. The summed E-state index contributed by atoms with van der Waals surface area (Å²) in [6, 6.07) is -0.379. The van der Waals surface area contributed by atoms with Crippen molar-refractivity contribution in [3.05, 3.63) is 10.3 Å². The molecule has 0 radical (unpaired) electrons. The largest absolute Gasteiger partial charge is 0.485 e. The van der Waals surface area contributed by atoms with Gasteiger partial charge in [0.05, 0.1) is 17.5 Å². The zero-order valence-corrected chi connectivity index (χ0v) is 15.8. The van der Waals surface area contributed by atoms with Gasteiger partial charge in [0.2, 0.25) is 0 Å². The minimum Gasteiger partial charge on any atom is -0.485 e. The highest BCUT2D eigenvalue weighted by Crippen LogP contribution is 2.41. The maximum absolute atomic E-state index is 13.1. The maximum Gasteiger partial charge on any atom is 0.268 e. The van der Waals surface area contributed by atoms with Crippen LogP contribution in [0.4, 0.5) is 0 Å². The fourth-order valence-electron chi connectivity index (χ4n) is 3.98. The summed E-state index contributed by atoms with van der Waals surface area (Å²) >= 11 is 1.31. The van der Waals surface area contributed by atoms with Crippen LogP contribution in [0.15, 0.2) is 5.38 Å². The Morgan fingerprint density at radius 2 is 2.00 bits per heavy atom. The van der Waals surface area contributed by atoms with Crippen molar-refractivity contribution in [2.24, 2.45) is 0 Å². The van der Waals surface area contributed by atoms with E-state index in [1.807, 2.05) is 0 Å². The normalized spacial score (nSPS) is 28.0. The molecule has 0 unspecified atom stereocenters.